The molecule has 0 fully saturated rings. The lowest BCUT2D eigenvalue weighted by Crippen LogP contribution is -1.99. The molecule has 0 spiro atoms. The van der Waals surface area contributed by atoms with Gasteiger partial charge < -0.3 is 4.74 Å². The highest BCUT2D eigenvalue weighted by Gasteiger charge is 2.14. The predicted octanol–water partition coefficient (Wildman–Crippen LogP) is 2.56. The molecular weight excluding hydrogens is 266 g/mol. The Morgan fingerprint density at radius 3 is 2.53 bits per heavy atom. The van der Waals surface area contributed by atoms with Crippen molar-refractivity contribution in [3.63, 3.8) is 0 Å². The molecule has 0 unspecified atom stereocenters. The summed E-state index contributed by atoms with van der Waals surface area (Å²) in [7, 11) is 2.55. The minimum absolute atomic E-state index is 0.0747. The molecule has 0 aliphatic rings. The first-order valence-corrected chi connectivity index (χ1v) is 6.63. The van der Waals surface area contributed by atoms with Crippen LogP contribution in [0.5, 0.6) is 5.75 Å². The molecule has 15 heavy (non-hydrogen) atoms. The third-order valence-electron chi connectivity index (χ3n) is 1.65. The normalized spacial score (nSPS) is 11.5. The van der Waals surface area contributed by atoms with Gasteiger partial charge in [-0.3, -0.25) is 0 Å². The Morgan fingerprint density at radius 1 is 1.47 bits per heavy atom. The van der Waals surface area contributed by atoms with Crippen molar-refractivity contribution in [2.45, 2.75) is 5.75 Å². The van der Waals surface area contributed by atoms with Gasteiger partial charge in [0.2, 0.25) is 9.05 Å². The summed E-state index contributed by atoms with van der Waals surface area (Å²) >= 11 is 5.63. The molecule has 84 valence electrons. The SMILES string of the molecule is COc1cc(CS(=O)(=O)Cl)c(F)cc1Cl. The van der Waals surface area contributed by atoms with Crippen LogP contribution in [0.1, 0.15) is 5.56 Å². The first kappa shape index (κ1) is 12.5. The molecule has 0 heterocycles. The van der Waals surface area contributed by atoms with Crippen molar-refractivity contribution in [2.24, 2.45) is 0 Å². The second kappa shape index (κ2) is 4.55. The van der Waals surface area contributed by atoms with E-state index in [0.29, 0.717) is 0 Å². The molecule has 0 amide bonds. The van der Waals surface area contributed by atoms with Gasteiger partial charge in [-0.25, -0.2) is 12.8 Å². The standard InChI is InChI=1S/C8H7Cl2FO3S/c1-14-8-2-5(4-15(10,12)13)7(11)3-6(8)9/h2-3H,4H2,1H3. The number of ether oxygens (including phenoxy) is 1. The Bertz CT molecular complexity index is 473. The Balaban J connectivity index is 3.19. The van der Waals surface area contributed by atoms with Crippen LogP contribution in [0.3, 0.4) is 0 Å². The van der Waals surface area contributed by atoms with Crippen LogP contribution in [0.4, 0.5) is 4.39 Å². The van der Waals surface area contributed by atoms with Gasteiger partial charge in [-0.15, -0.1) is 0 Å². The third-order valence-corrected chi connectivity index (χ3v) is 2.93. The van der Waals surface area contributed by atoms with Crippen LogP contribution >= 0.6 is 22.3 Å². The summed E-state index contributed by atoms with van der Waals surface area (Å²) in [5, 5.41) is 0.0747. The van der Waals surface area contributed by atoms with E-state index in [1.165, 1.54) is 13.2 Å². The van der Waals surface area contributed by atoms with Crippen LogP contribution in [0, 0.1) is 5.82 Å². The van der Waals surface area contributed by atoms with Crippen LogP contribution in [0.15, 0.2) is 12.1 Å². The van der Waals surface area contributed by atoms with Crippen LogP contribution in [0.25, 0.3) is 0 Å². The molecule has 0 radical (unpaired) electrons. The number of methoxy groups -OCH3 is 1. The lowest BCUT2D eigenvalue weighted by Gasteiger charge is -2.06. The van der Waals surface area contributed by atoms with Gasteiger partial charge in [0, 0.05) is 16.2 Å². The Morgan fingerprint density at radius 2 is 2.07 bits per heavy atom. The monoisotopic (exact) mass is 272 g/mol. The molecule has 1 aromatic rings. The van der Waals surface area contributed by atoms with Crippen molar-refractivity contribution in [3.8, 4) is 5.75 Å². The fourth-order valence-electron chi connectivity index (χ4n) is 1.02. The van der Waals surface area contributed by atoms with Crippen molar-refractivity contribution in [3.05, 3.63) is 28.5 Å². The van der Waals surface area contributed by atoms with E-state index in [-0.39, 0.29) is 16.3 Å². The van der Waals surface area contributed by atoms with E-state index in [0.717, 1.165) is 6.07 Å². The number of rotatable bonds is 3. The van der Waals surface area contributed by atoms with Gasteiger partial charge in [0.1, 0.15) is 11.6 Å². The number of halogens is 3. The lowest BCUT2D eigenvalue weighted by molar-refractivity contribution is 0.413. The quantitative estimate of drug-likeness (QED) is 0.795. The van der Waals surface area contributed by atoms with E-state index in [1.807, 2.05) is 0 Å². The molecule has 0 aliphatic heterocycles. The van der Waals surface area contributed by atoms with E-state index in [2.05, 4.69) is 0 Å². The Kier molecular flexibility index (Phi) is 3.81. The third kappa shape index (κ3) is 3.52. The highest BCUT2D eigenvalue weighted by Crippen LogP contribution is 2.28. The van der Waals surface area contributed by atoms with Gasteiger partial charge in [-0.1, -0.05) is 11.6 Å². The average molecular weight is 273 g/mol. The molecule has 3 nitrogen and oxygen atoms in total. The summed E-state index contributed by atoms with van der Waals surface area (Å²) in [5.41, 5.74) is -0.0775. The number of hydrogen-bond acceptors (Lipinski definition) is 3. The smallest absolute Gasteiger partial charge is 0.236 e. The van der Waals surface area contributed by atoms with Crippen LogP contribution in [-0.4, -0.2) is 15.5 Å². The highest BCUT2D eigenvalue weighted by molar-refractivity contribution is 8.13. The fraction of sp³-hybridized carbons (Fsp3) is 0.250. The van der Waals surface area contributed by atoms with Gasteiger partial charge in [0.15, 0.2) is 0 Å². The van der Waals surface area contributed by atoms with E-state index >= 15 is 0 Å². The Labute approximate surface area is 96.2 Å². The molecule has 0 aliphatic carbocycles. The van der Waals surface area contributed by atoms with Crippen molar-refractivity contribution in [1.82, 2.24) is 0 Å². The molecule has 0 aromatic heterocycles. The zero-order valence-electron chi connectivity index (χ0n) is 7.63. The maximum atomic E-state index is 13.2. The lowest BCUT2D eigenvalue weighted by atomic mass is 10.2. The van der Waals surface area contributed by atoms with E-state index in [1.54, 1.807) is 0 Å². The molecule has 1 aromatic carbocycles. The molecule has 0 bridgehead atoms. The van der Waals surface area contributed by atoms with Crippen LogP contribution < -0.4 is 4.74 Å². The first-order valence-electron chi connectivity index (χ1n) is 3.77. The van der Waals surface area contributed by atoms with Gasteiger partial charge in [0.05, 0.1) is 17.9 Å². The average Bonchev–Trinajstić information content (AvgIpc) is 2.07. The molecule has 0 atom stereocenters. The second-order valence-electron chi connectivity index (χ2n) is 2.76. The molecule has 1 rings (SSSR count). The second-order valence-corrected chi connectivity index (χ2v) is 5.95. The van der Waals surface area contributed by atoms with E-state index < -0.39 is 20.6 Å². The maximum absolute atomic E-state index is 13.2. The largest absolute Gasteiger partial charge is 0.495 e. The minimum Gasteiger partial charge on any atom is -0.495 e. The molecular formula is C8H7Cl2FO3S. The van der Waals surface area contributed by atoms with E-state index in [9.17, 15) is 12.8 Å². The molecule has 7 heteroatoms. The van der Waals surface area contributed by atoms with Gasteiger partial charge >= 0.3 is 0 Å². The molecule has 0 N–H and O–H groups in total. The van der Waals surface area contributed by atoms with Crippen molar-refractivity contribution in [2.75, 3.05) is 7.11 Å². The number of hydrogen-bond donors (Lipinski definition) is 0. The fourth-order valence-corrected chi connectivity index (χ4v) is 2.20. The van der Waals surface area contributed by atoms with Gasteiger partial charge in [0.25, 0.3) is 0 Å². The minimum atomic E-state index is -3.80. The highest BCUT2D eigenvalue weighted by atomic mass is 35.7. The maximum Gasteiger partial charge on any atom is 0.236 e. The summed E-state index contributed by atoms with van der Waals surface area (Å²) < 4.78 is 39.6. The predicted molar refractivity (Wildman–Crippen MR) is 56.4 cm³/mol. The van der Waals surface area contributed by atoms with Crippen LogP contribution in [0.2, 0.25) is 5.02 Å². The van der Waals surface area contributed by atoms with Gasteiger partial charge in [-0.2, -0.15) is 0 Å². The van der Waals surface area contributed by atoms with Gasteiger partial charge in [-0.05, 0) is 12.1 Å². The summed E-state index contributed by atoms with van der Waals surface area (Å²) in [4.78, 5) is 0. The van der Waals surface area contributed by atoms with Crippen molar-refractivity contribution in [1.29, 1.82) is 0 Å². The summed E-state index contributed by atoms with van der Waals surface area (Å²) in [6.07, 6.45) is 0. The Hall–Kier alpha value is -0.520. The summed E-state index contributed by atoms with van der Waals surface area (Å²) in [6, 6.07) is 2.19. The van der Waals surface area contributed by atoms with E-state index in [4.69, 9.17) is 27.0 Å². The topological polar surface area (TPSA) is 43.4 Å². The number of benzene rings is 1. The summed E-state index contributed by atoms with van der Waals surface area (Å²) in [5.74, 6) is -1.13. The van der Waals surface area contributed by atoms with Crippen molar-refractivity contribution < 1.29 is 17.5 Å². The van der Waals surface area contributed by atoms with Crippen LogP contribution in [-0.2, 0) is 14.8 Å². The molecule has 0 saturated heterocycles. The van der Waals surface area contributed by atoms with Crippen molar-refractivity contribution >= 4 is 31.3 Å². The zero-order valence-corrected chi connectivity index (χ0v) is 9.96. The summed E-state index contributed by atoms with van der Waals surface area (Å²) in [6.45, 7) is 0. The first-order chi connectivity index (χ1) is 6.83. The molecule has 0 saturated carbocycles. The zero-order chi connectivity index (χ0) is 11.6.